The van der Waals surface area contributed by atoms with E-state index >= 15 is 0 Å². The molecule has 2 aliphatic heterocycles. The van der Waals surface area contributed by atoms with Gasteiger partial charge in [0.2, 0.25) is 17.7 Å². The van der Waals surface area contributed by atoms with Crippen molar-refractivity contribution >= 4 is 52.2 Å². The highest BCUT2D eigenvalue weighted by atomic mass is 32.2. The number of aromatic nitrogens is 1. The number of carbonyl (C=O) groups excluding carboxylic acids is 3. The second-order valence-corrected chi connectivity index (χ2v) is 17.0. The van der Waals surface area contributed by atoms with Gasteiger partial charge >= 0.3 is 4.87 Å². The summed E-state index contributed by atoms with van der Waals surface area (Å²) in [5.74, 6) is -0.576. The van der Waals surface area contributed by atoms with Crippen LogP contribution in [-0.4, -0.2) is 34.6 Å². The Bertz CT molecular complexity index is 2030. The van der Waals surface area contributed by atoms with E-state index in [2.05, 4.69) is 50.4 Å². The van der Waals surface area contributed by atoms with Gasteiger partial charge < -0.3 is 10.1 Å². The van der Waals surface area contributed by atoms with Gasteiger partial charge in [-0.2, -0.15) is 0 Å². The molecule has 3 amide bonds. The van der Waals surface area contributed by atoms with Crippen LogP contribution in [0.4, 0.5) is 11.4 Å². The topological polar surface area (TPSA) is 97.7 Å². The average molecular weight is 694 g/mol. The van der Waals surface area contributed by atoms with Crippen molar-refractivity contribution in [1.29, 1.82) is 0 Å². The summed E-state index contributed by atoms with van der Waals surface area (Å²) in [6.07, 6.45) is 0.810. The Kier molecular flexibility index (Phi) is 7.68. The Labute approximate surface area is 293 Å². The molecule has 0 spiro atoms. The summed E-state index contributed by atoms with van der Waals surface area (Å²) in [6.45, 7) is 8.44. The fourth-order valence-electron chi connectivity index (χ4n) is 8.79. The number of fused-ring (bicyclic) bond motifs is 9. The molecule has 1 saturated heterocycles. The number of anilines is 2. The monoisotopic (exact) mass is 693 g/mol. The first-order valence-electron chi connectivity index (χ1n) is 16.8. The third kappa shape index (κ3) is 5.17. The van der Waals surface area contributed by atoms with Crippen molar-refractivity contribution in [3.05, 3.63) is 104 Å². The molecule has 49 heavy (non-hydrogen) atoms. The SMILES string of the molecule is COc1ccc(NC(=O)Cn2c3c(sc2=O)C(c2ccc(C(C)(C)C)cc2)C2C4CC(C2S3)C2C(=O)N(c3ccc(C)cc3)C(=O)C42)cc1. The highest BCUT2D eigenvalue weighted by Gasteiger charge is 2.69. The van der Waals surface area contributed by atoms with Crippen LogP contribution in [0.1, 0.15) is 54.7 Å². The first-order chi connectivity index (χ1) is 23.4. The molecule has 0 radical (unpaired) electrons. The molecule has 3 aromatic carbocycles. The Morgan fingerprint density at radius 3 is 2.18 bits per heavy atom. The fourth-order valence-corrected chi connectivity index (χ4v) is 11.9. The first kappa shape index (κ1) is 32.1. The minimum atomic E-state index is -0.379. The molecule has 3 heterocycles. The molecule has 1 aromatic heterocycles. The molecular formula is C39H39N3O5S2. The van der Waals surface area contributed by atoms with Gasteiger partial charge in [0, 0.05) is 21.7 Å². The van der Waals surface area contributed by atoms with E-state index in [4.69, 9.17) is 4.74 Å². The van der Waals surface area contributed by atoms with E-state index in [1.165, 1.54) is 21.8 Å². The first-order valence-corrected chi connectivity index (χ1v) is 18.5. The number of rotatable bonds is 6. The minimum absolute atomic E-state index is 0.00188. The molecule has 7 unspecified atom stereocenters. The molecule has 1 N–H and O–H groups in total. The average Bonchev–Trinajstić information content (AvgIpc) is 3.80. The molecule has 3 fully saturated rings. The molecule has 2 aliphatic carbocycles. The van der Waals surface area contributed by atoms with E-state index in [0.717, 1.165) is 27.5 Å². The lowest BCUT2D eigenvalue weighted by molar-refractivity contribution is -0.123. The van der Waals surface area contributed by atoms with Crippen LogP contribution < -0.4 is 19.8 Å². The van der Waals surface area contributed by atoms with Crippen LogP contribution in [0.15, 0.2) is 82.6 Å². The summed E-state index contributed by atoms with van der Waals surface area (Å²) in [4.78, 5) is 57.5. The van der Waals surface area contributed by atoms with Crippen molar-refractivity contribution in [2.75, 3.05) is 17.3 Å². The van der Waals surface area contributed by atoms with Crippen LogP contribution in [-0.2, 0) is 26.3 Å². The third-order valence-electron chi connectivity index (χ3n) is 11.1. The maximum atomic E-state index is 14.2. The predicted octanol–water partition coefficient (Wildman–Crippen LogP) is 6.84. The van der Waals surface area contributed by atoms with Crippen molar-refractivity contribution in [2.45, 2.75) is 62.3 Å². The van der Waals surface area contributed by atoms with Gasteiger partial charge in [-0.15, -0.1) is 11.8 Å². The summed E-state index contributed by atoms with van der Waals surface area (Å²) in [6, 6.07) is 23.4. The number of benzene rings is 3. The number of carbonyl (C=O) groups is 3. The van der Waals surface area contributed by atoms with Crippen molar-refractivity contribution in [1.82, 2.24) is 4.57 Å². The number of thioether (sulfide) groups is 1. The van der Waals surface area contributed by atoms with E-state index in [-0.39, 0.29) is 75.3 Å². The molecule has 4 aromatic rings. The molecule has 2 bridgehead atoms. The van der Waals surface area contributed by atoms with Crippen LogP contribution in [0.5, 0.6) is 5.75 Å². The number of hydrogen-bond donors (Lipinski definition) is 1. The van der Waals surface area contributed by atoms with E-state index < -0.39 is 0 Å². The number of aryl methyl sites for hydroxylation is 1. The fraction of sp³-hybridized carbons (Fsp3) is 0.385. The summed E-state index contributed by atoms with van der Waals surface area (Å²) in [7, 11) is 1.59. The van der Waals surface area contributed by atoms with E-state index in [0.29, 0.717) is 17.1 Å². The molecule has 4 aliphatic rings. The van der Waals surface area contributed by atoms with Gasteiger partial charge in [0.05, 0.1) is 29.7 Å². The molecule has 10 heteroatoms. The summed E-state index contributed by atoms with van der Waals surface area (Å²) in [5.41, 5.74) is 4.63. The number of imide groups is 1. The largest absolute Gasteiger partial charge is 0.497 e. The van der Waals surface area contributed by atoms with Crippen molar-refractivity contribution in [3.63, 3.8) is 0 Å². The van der Waals surface area contributed by atoms with Crippen molar-refractivity contribution < 1.29 is 19.1 Å². The maximum Gasteiger partial charge on any atom is 0.308 e. The minimum Gasteiger partial charge on any atom is -0.497 e. The molecule has 7 atom stereocenters. The Morgan fingerprint density at radius 2 is 1.55 bits per heavy atom. The second-order valence-electron chi connectivity index (χ2n) is 14.9. The zero-order valence-electron chi connectivity index (χ0n) is 28.1. The van der Waals surface area contributed by atoms with Gasteiger partial charge in [-0.3, -0.25) is 28.6 Å². The van der Waals surface area contributed by atoms with Crippen LogP contribution >= 0.6 is 23.1 Å². The Balaban J connectivity index is 1.17. The van der Waals surface area contributed by atoms with Crippen LogP contribution in [0, 0.1) is 36.5 Å². The number of nitrogens with one attached hydrogen (secondary N) is 1. The van der Waals surface area contributed by atoms with Gasteiger partial charge in [-0.05, 0) is 84.0 Å². The lowest BCUT2D eigenvalue weighted by Gasteiger charge is -2.43. The lowest BCUT2D eigenvalue weighted by atomic mass is 9.68. The highest BCUT2D eigenvalue weighted by molar-refractivity contribution is 8.00. The Morgan fingerprint density at radius 1 is 0.898 bits per heavy atom. The van der Waals surface area contributed by atoms with E-state index in [9.17, 15) is 19.2 Å². The zero-order valence-corrected chi connectivity index (χ0v) is 29.8. The quantitative estimate of drug-likeness (QED) is 0.222. The molecule has 2 saturated carbocycles. The number of amides is 3. The molecule has 8 rings (SSSR count). The van der Waals surface area contributed by atoms with Crippen LogP contribution in [0.2, 0.25) is 0 Å². The maximum absolute atomic E-state index is 14.2. The van der Waals surface area contributed by atoms with Crippen molar-refractivity contribution in [3.8, 4) is 5.75 Å². The Hall–Kier alpha value is -4.15. The number of thiazole rings is 1. The standard InChI is InChI=1S/C39H39N3O5S2/c1-20-6-14-24(15-7-20)42-35(44)31-26-18-27(32(31)36(42)45)33-30(26)29(21-8-10-22(11-9-21)39(2,3)4)34-37(48-33)41(38(46)49-34)19-28(43)40-23-12-16-25(47-5)17-13-23/h6-17,26-27,29-33H,18-19H2,1-5H3,(H,40,43). The lowest BCUT2D eigenvalue weighted by Crippen LogP contribution is -2.43. The highest BCUT2D eigenvalue weighted by Crippen LogP contribution is 2.69. The van der Waals surface area contributed by atoms with Crippen LogP contribution in [0.3, 0.4) is 0 Å². The second kappa shape index (κ2) is 11.7. The summed E-state index contributed by atoms with van der Waals surface area (Å²) < 4.78 is 6.84. The molecule has 8 nitrogen and oxygen atoms in total. The summed E-state index contributed by atoms with van der Waals surface area (Å²) >= 11 is 2.86. The van der Waals surface area contributed by atoms with E-state index in [1.54, 1.807) is 47.7 Å². The number of nitrogens with zero attached hydrogens (tertiary/aromatic N) is 2. The number of ether oxygens (including phenoxy) is 1. The van der Waals surface area contributed by atoms with Gasteiger partial charge in [-0.1, -0.05) is 74.1 Å². The van der Waals surface area contributed by atoms with E-state index in [1.807, 2.05) is 31.2 Å². The third-order valence-corrected chi connectivity index (χ3v) is 13.8. The normalized spacial score (nSPS) is 26.8. The van der Waals surface area contributed by atoms with Gasteiger partial charge in [0.25, 0.3) is 0 Å². The van der Waals surface area contributed by atoms with Gasteiger partial charge in [-0.25, -0.2) is 0 Å². The van der Waals surface area contributed by atoms with Gasteiger partial charge in [0.1, 0.15) is 12.3 Å². The smallest absolute Gasteiger partial charge is 0.308 e. The van der Waals surface area contributed by atoms with Crippen molar-refractivity contribution in [2.24, 2.45) is 29.6 Å². The molecular weight excluding hydrogens is 655 g/mol. The molecule has 252 valence electrons. The zero-order chi connectivity index (χ0) is 34.4. The summed E-state index contributed by atoms with van der Waals surface area (Å²) in [5, 5.41) is 3.76. The van der Waals surface area contributed by atoms with Crippen LogP contribution in [0.25, 0.3) is 0 Å². The van der Waals surface area contributed by atoms with Gasteiger partial charge in [0.15, 0.2) is 0 Å². The predicted molar refractivity (Wildman–Crippen MR) is 193 cm³/mol. The number of hydrogen-bond acceptors (Lipinski definition) is 7. The number of methoxy groups -OCH3 is 1.